The lowest BCUT2D eigenvalue weighted by Gasteiger charge is -2.25. The summed E-state index contributed by atoms with van der Waals surface area (Å²) in [4.78, 5) is 24.8. The SMILES string of the molecule is CN(C)CC(=O)N1Cc2ccnn2C[C@@H](CCNc2ncccn2)C1. The number of aromatic nitrogens is 4. The number of likely N-dealkylation sites (N-methyl/N-ethyl adjacent to an activating group) is 1. The van der Waals surface area contributed by atoms with Gasteiger partial charge in [-0.25, -0.2) is 9.97 Å². The highest BCUT2D eigenvalue weighted by Crippen LogP contribution is 2.18. The van der Waals surface area contributed by atoms with Gasteiger partial charge in [-0.1, -0.05) is 0 Å². The molecule has 8 nitrogen and oxygen atoms in total. The average Bonchev–Trinajstić information content (AvgIpc) is 2.93. The summed E-state index contributed by atoms with van der Waals surface area (Å²) in [5.74, 6) is 1.13. The molecule has 8 heteroatoms. The fourth-order valence-corrected chi connectivity index (χ4v) is 3.05. The van der Waals surface area contributed by atoms with E-state index in [1.807, 2.05) is 40.8 Å². The molecule has 0 saturated carbocycles. The quantitative estimate of drug-likeness (QED) is 0.832. The molecule has 3 heterocycles. The molecular formula is C17H25N7O. The van der Waals surface area contributed by atoms with Gasteiger partial charge in [-0.15, -0.1) is 0 Å². The van der Waals surface area contributed by atoms with Crippen molar-refractivity contribution in [3.05, 3.63) is 36.4 Å². The van der Waals surface area contributed by atoms with E-state index < -0.39 is 0 Å². The monoisotopic (exact) mass is 343 g/mol. The Kier molecular flexibility index (Phi) is 5.60. The average molecular weight is 343 g/mol. The normalized spacial score (nSPS) is 17.2. The Hall–Kier alpha value is -2.48. The van der Waals surface area contributed by atoms with E-state index in [-0.39, 0.29) is 5.91 Å². The van der Waals surface area contributed by atoms with Gasteiger partial charge in [0, 0.05) is 38.2 Å². The van der Waals surface area contributed by atoms with Crippen LogP contribution in [-0.4, -0.2) is 69.2 Å². The Morgan fingerprint density at radius 1 is 1.28 bits per heavy atom. The molecule has 0 aromatic carbocycles. The molecule has 0 fully saturated rings. The van der Waals surface area contributed by atoms with Gasteiger partial charge in [0.1, 0.15) is 0 Å². The highest BCUT2D eigenvalue weighted by molar-refractivity contribution is 5.78. The summed E-state index contributed by atoms with van der Waals surface area (Å²) in [7, 11) is 3.84. The first-order chi connectivity index (χ1) is 12.1. The van der Waals surface area contributed by atoms with Gasteiger partial charge in [0.2, 0.25) is 11.9 Å². The number of nitrogens with zero attached hydrogens (tertiary/aromatic N) is 6. The van der Waals surface area contributed by atoms with Crippen LogP contribution in [0.2, 0.25) is 0 Å². The molecule has 3 rings (SSSR count). The molecule has 0 radical (unpaired) electrons. The van der Waals surface area contributed by atoms with E-state index in [9.17, 15) is 4.79 Å². The number of carbonyl (C=O) groups excluding carboxylic acids is 1. The van der Waals surface area contributed by atoms with E-state index in [4.69, 9.17) is 0 Å². The van der Waals surface area contributed by atoms with Crippen molar-refractivity contribution in [3.8, 4) is 0 Å². The first-order valence-corrected chi connectivity index (χ1v) is 8.56. The van der Waals surface area contributed by atoms with Crippen LogP contribution in [-0.2, 0) is 17.9 Å². The van der Waals surface area contributed by atoms with Crippen LogP contribution in [0.4, 0.5) is 5.95 Å². The van der Waals surface area contributed by atoms with E-state index in [1.165, 1.54) is 0 Å². The van der Waals surface area contributed by atoms with Crippen LogP contribution in [0.1, 0.15) is 12.1 Å². The van der Waals surface area contributed by atoms with Crippen LogP contribution >= 0.6 is 0 Å². The third-order valence-electron chi connectivity index (χ3n) is 4.27. The van der Waals surface area contributed by atoms with Gasteiger partial charge < -0.3 is 15.1 Å². The number of anilines is 1. The molecule has 1 aliphatic rings. The third kappa shape index (κ3) is 4.76. The van der Waals surface area contributed by atoms with Gasteiger partial charge in [0.15, 0.2) is 0 Å². The minimum Gasteiger partial charge on any atom is -0.354 e. The molecule has 1 N–H and O–H groups in total. The van der Waals surface area contributed by atoms with E-state index in [0.29, 0.717) is 25.0 Å². The molecule has 134 valence electrons. The lowest BCUT2D eigenvalue weighted by molar-refractivity contribution is -0.133. The molecule has 0 aliphatic carbocycles. The van der Waals surface area contributed by atoms with Crippen molar-refractivity contribution in [2.75, 3.05) is 39.0 Å². The van der Waals surface area contributed by atoms with Crippen molar-refractivity contribution in [3.63, 3.8) is 0 Å². The first kappa shape index (κ1) is 17.3. The van der Waals surface area contributed by atoms with Crippen molar-refractivity contribution in [2.24, 2.45) is 5.92 Å². The van der Waals surface area contributed by atoms with Crippen LogP contribution in [0.15, 0.2) is 30.7 Å². The van der Waals surface area contributed by atoms with E-state index in [0.717, 1.165) is 31.7 Å². The van der Waals surface area contributed by atoms with Crippen molar-refractivity contribution in [1.29, 1.82) is 0 Å². The molecule has 2 aromatic heterocycles. The Morgan fingerprint density at radius 3 is 2.84 bits per heavy atom. The number of fused-ring (bicyclic) bond motifs is 1. The second kappa shape index (κ2) is 8.06. The number of carbonyl (C=O) groups is 1. The predicted molar refractivity (Wildman–Crippen MR) is 94.8 cm³/mol. The Balaban J connectivity index is 1.63. The van der Waals surface area contributed by atoms with Crippen molar-refractivity contribution < 1.29 is 4.79 Å². The van der Waals surface area contributed by atoms with Crippen LogP contribution in [0.5, 0.6) is 0 Å². The highest BCUT2D eigenvalue weighted by atomic mass is 16.2. The topological polar surface area (TPSA) is 79.2 Å². The molecule has 0 unspecified atom stereocenters. The number of amides is 1. The van der Waals surface area contributed by atoms with Gasteiger partial charge in [-0.2, -0.15) is 5.10 Å². The van der Waals surface area contributed by atoms with Gasteiger partial charge in [-0.05, 0) is 38.6 Å². The van der Waals surface area contributed by atoms with Gasteiger partial charge in [-0.3, -0.25) is 9.48 Å². The highest BCUT2D eigenvalue weighted by Gasteiger charge is 2.25. The second-order valence-electron chi connectivity index (χ2n) is 6.67. The molecule has 25 heavy (non-hydrogen) atoms. The molecule has 0 spiro atoms. The summed E-state index contributed by atoms with van der Waals surface area (Å²) in [6.45, 7) is 3.38. The summed E-state index contributed by atoms with van der Waals surface area (Å²) in [6.07, 6.45) is 6.17. The molecule has 1 atom stereocenters. The number of hydrogen-bond donors (Lipinski definition) is 1. The minimum atomic E-state index is 0.156. The van der Waals surface area contributed by atoms with E-state index in [1.54, 1.807) is 18.5 Å². The minimum absolute atomic E-state index is 0.156. The Morgan fingerprint density at radius 2 is 2.08 bits per heavy atom. The third-order valence-corrected chi connectivity index (χ3v) is 4.27. The predicted octanol–water partition coefficient (Wildman–Crippen LogP) is 0.695. The van der Waals surface area contributed by atoms with Gasteiger partial charge in [0.25, 0.3) is 0 Å². The maximum Gasteiger partial charge on any atom is 0.237 e. The maximum atomic E-state index is 12.6. The summed E-state index contributed by atoms with van der Waals surface area (Å²) in [5, 5.41) is 7.65. The van der Waals surface area contributed by atoms with Crippen molar-refractivity contribution >= 4 is 11.9 Å². The number of hydrogen-bond acceptors (Lipinski definition) is 6. The van der Waals surface area contributed by atoms with E-state index in [2.05, 4.69) is 20.4 Å². The summed E-state index contributed by atoms with van der Waals surface area (Å²) in [5.41, 5.74) is 1.09. The lowest BCUT2D eigenvalue weighted by Crippen LogP contribution is -2.39. The number of rotatable bonds is 6. The zero-order valence-electron chi connectivity index (χ0n) is 14.8. The van der Waals surface area contributed by atoms with Crippen molar-refractivity contribution in [2.45, 2.75) is 19.5 Å². The summed E-state index contributed by atoms with van der Waals surface area (Å²) >= 11 is 0. The molecule has 1 amide bonds. The molecular weight excluding hydrogens is 318 g/mol. The van der Waals surface area contributed by atoms with Crippen LogP contribution < -0.4 is 5.32 Å². The van der Waals surface area contributed by atoms with Crippen molar-refractivity contribution in [1.82, 2.24) is 29.5 Å². The van der Waals surface area contributed by atoms with E-state index >= 15 is 0 Å². The Bertz CT molecular complexity index is 685. The lowest BCUT2D eigenvalue weighted by atomic mass is 10.1. The molecule has 0 saturated heterocycles. The summed E-state index contributed by atoms with van der Waals surface area (Å²) in [6, 6.07) is 3.79. The maximum absolute atomic E-state index is 12.6. The van der Waals surface area contributed by atoms with Gasteiger partial charge >= 0.3 is 0 Å². The second-order valence-corrected chi connectivity index (χ2v) is 6.67. The largest absolute Gasteiger partial charge is 0.354 e. The van der Waals surface area contributed by atoms with Gasteiger partial charge in [0.05, 0.1) is 18.8 Å². The smallest absolute Gasteiger partial charge is 0.237 e. The first-order valence-electron chi connectivity index (χ1n) is 8.56. The zero-order valence-corrected chi connectivity index (χ0v) is 14.8. The standard InChI is InChI=1S/C17H25N7O/c1-22(2)13-16(25)23-10-14(11-24-15(12-23)5-9-21-24)4-8-20-17-18-6-3-7-19-17/h3,5-7,9,14H,4,8,10-13H2,1-2H3,(H,18,19,20)/t14-/m0/s1. The molecule has 2 aromatic rings. The summed E-state index contributed by atoms with van der Waals surface area (Å²) < 4.78 is 2.02. The zero-order chi connectivity index (χ0) is 17.6. The van der Waals surface area contributed by atoms with Crippen LogP contribution in [0, 0.1) is 5.92 Å². The molecule has 1 aliphatic heterocycles. The molecule has 0 bridgehead atoms. The van der Waals surface area contributed by atoms with Crippen LogP contribution in [0.3, 0.4) is 0 Å². The fraction of sp³-hybridized carbons (Fsp3) is 0.529. The fourth-order valence-electron chi connectivity index (χ4n) is 3.05. The Labute approximate surface area is 147 Å². The number of nitrogens with one attached hydrogen (secondary N) is 1. The van der Waals surface area contributed by atoms with Crippen LogP contribution in [0.25, 0.3) is 0 Å².